The predicted octanol–water partition coefficient (Wildman–Crippen LogP) is 5.37. The normalized spacial score (nSPS) is 10.7. The minimum atomic E-state index is -0.371. The highest BCUT2D eigenvalue weighted by Gasteiger charge is 2.06. The topological polar surface area (TPSA) is 78.4 Å². The quantitative estimate of drug-likeness (QED) is 0.250. The molecule has 7 nitrogen and oxygen atoms in total. The lowest BCUT2D eigenvalue weighted by molar-refractivity contribution is -0.123. The van der Waals surface area contributed by atoms with Gasteiger partial charge in [-0.2, -0.15) is 5.10 Å². The van der Waals surface area contributed by atoms with E-state index in [1.54, 1.807) is 30.5 Å². The number of hydrogen-bond acceptors (Lipinski definition) is 6. The fourth-order valence-corrected chi connectivity index (χ4v) is 3.00. The second-order valence-corrected chi connectivity index (χ2v) is 7.72. The van der Waals surface area contributed by atoms with Crippen LogP contribution in [0.3, 0.4) is 0 Å². The van der Waals surface area contributed by atoms with E-state index in [0.717, 1.165) is 35.5 Å². The third-order valence-corrected chi connectivity index (χ3v) is 4.75. The molecule has 0 saturated heterocycles. The van der Waals surface area contributed by atoms with Crippen LogP contribution in [0.2, 0.25) is 0 Å². The van der Waals surface area contributed by atoms with Crippen molar-refractivity contribution in [2.75, 3.05) is 19.8 Å². The van der Waals surface area contributed by atoms with Crippen LogP contribution in [0.25, 0.3) is 0 Å². The maximum atomic E-state index is 12.1. The first-order valence-corrected chi connectivity index (χ1v) is 11.8. The van der Waals surface area contributed by atoms with E-state index in [1.807, 2.05) is 55.5 Å². The summed E-state index contributed by atoms with van der Waals surface area (Å²) < 4.78 is 22.8. The molecule has 35 heavy (non-hydrogen) atoms. The van der Waals surface area contributed by atoms with Crippen LogP contribution in [-0.2, 0) is 11.4 Å². The number of nitrogens with zero attached hydrogens (tertiary/aromatic N) is 1. The van der Waals surface area contributed by atoms with E-state index in [-0.39, 0.29) is 12.5 Å². The maximum absolute atomic E-state index is 12.1. The van der Waals surface area contributed by atoms with Gasteiger partial charge in [-0.25, -0.2) is 5.43 Å². The van der Waals surface area contributed by atoms with Crippen molar-refractivity contribution < 1.29 is 23.7 Å². The summed E-state index contributed by atoms with van der Waals surface area (Å²) in [6, 6.07) is 22.6. The minimum absolute atomic E-state index is 0.162. The lowest BCUT2D eigenvalue weighted by atomic mass is 10.2. The van der Waals surface area contributed by atoms with Gasteiger partial charge < -0.3 is 18.9 Å². The summed E-state index contributed by atoms with van der Waals surface area (Å²) in [5.74, 6) is 2.31. The zero-order valence-corrected chi connectivity index (χ0v) is 20.2. The average molecular weight is 477 g/mol. The second kappa shape index (κ2) is 14.3. The molecule has 184 valence electrons. The van der Waals surface area contributed by atoms with Gasteiger partial charge in [0.15, 0.2) is 6.61 Å². The molecule has 3 aromatic rings. The molecule has 3 rings (SSSR count). The highest BCUT2D eigenvalue weighted by Crippen LogP contribution is 2.24. The molecule has 0 aliphatic rings. The van der Waals surface area contributed by atoms with Crippen LogP contribution in [0.1, 0.15) is 37.8 Å². The predicted molar refractivity (Wildman–Crippen MR) is 136 cm³/mol. The van der Waals surface area contributed by atoms with Crippen molar-refractivity contribution in [2.45, 2.75) is 33.3 Å². The first kappa shape index (κ1) is 25.6. The van der Waals surface area contributed by atoms with E-state index in [2.05, 4.69) is 17.5 Å². The molecule has 0 spiro atoms. The third-order valence-electron chi connectivity index (χ3n) is 4.75. The summed E-state index contributed by atoms with van der Waals surface area (Å²) >= 11 is 0. The zero-order chi connectivity index (χ0) is 24.7. The van der Waals surface area contributed by atoms with Crippen molar-refractivity contribution >= 4 is 12.1 Å². The van der Waals surface area contributed by atoms with Crippen LogP contribution in [0.4, 0.5) is 0 Å². The van der Waals surface area contributed by atoms with E-state index >= 15 is 0 Å². The van der Waals surface area contributed by atoms with Crippen LogP contribution in [0.5, 0.6) is 23.0 Å². The van der Waals surface area contributed by atoms with Crippen molar-refractivity contribution in [1.82, 2.24) is 5.43 Å². The van der Waals surface area contributed by atoms with Crippen LogP contribution in [-0.4, -0.2) is 31.9 Å². The van der Waals surface area contributed by atoms with Gasteiger partial charge in [-0.1, -0.05) is 44.2 Å². The smallest absolute Gasteiger partial charge is 0.277 e. The molecule has 0 aliphatic heterocycles. The maximum Gasteiger partial charge on any atom is 0.277 e. The number of carbonyl (C=O) groups excluding carboxylic acids is 1. The number of hydrogen-bond donors (Lipinski definition) is 1. The molecule has 0 heterocycles. The summed E-state index contributed by atoms with van der Waals surface area (Å²) in [7, 11) is 0. The van der Waals surface area contributed by atoms with Crippen molar-refractivity contribution in [2.24, 2.45) is 5.10 Å². The third kappa shape index (κ3) is 9.04. The number of rotatable bonds is 14. The largest absolute Gasteiger partial charge is 0.493 e. The van der Waals surface area contributed by atoms with Crippen molar-refractivity contribution in [3.05, 3.63) is 83.9 Å². The van der Waals surface area contributed by atoms with Gasteiger partial charge in [0.05, 0.1) is 19.4 Å². The first-order valence-electron chi connectivity index (χ1n) is 11.8. The van der Waals surface area contributed by atoms with Crippen molar-refractivity contribution in [3.63, 3.8) is 0 Å². The highest BCUT2D eigenvalue weighted by atomic mass is 16.5. The molecule has 0 unspecified atom stereocenters. The standard InChI is InChI=1S/C28H32N2O5/c1-3-16-32-26-11-10-23(27(18-26)33-17-4-2)19-29-30-28(31)21-35-25-14-12-24(13-15-25)34-20-22-8-6-5-7-9-22/h5-15,18-19H,3-4,16-17,20-21H2,1-2H3,(H,30,31). The van der Waals surface area contributed by atoms with Gasteiger partial charge in [-0.3, -0.25) is 4.79 Å². The van der Waals surface area contributed by atoms with E-state index in [1.165, 1.54) is 0 Å². The Balaban J connectivity index is 1.46. The number of amides is 1. The fourth-order valence-electron chi connectivity index (χ4n) is 3.00. The SMILES string of the molecule is CCCOc1ccc(C=NNC(=O)COc2ccc(OCc3ccccc3)cc2)c(OCCC)c1. The van der Waals surface area contributed by atoms with Gasteiger partial charge in [-0.15, -0.1) is 0 Å². The molecule has 0 atom stereocenters. The Morgan fingerprint density at radius 2 is 1.46 bits per heavy atom. The Labute approximate surface area is 206 Å². The van der Waals surface area contributed by atoms with Crippen molar-refractivity contribution in [3.8, 4) is 23.0 Å². The van der Waals surface area contributed by atoms with Gasteiger partial charge in [-0.05, 0) is 54.8 Å². The summed E-state index contributed by atoms with van der Waals surface area (Å²) in [4.78, 5) is 12.1. The van der Waals surface area contributed by atoms with E-state index in [9.17, 15) is 4.79 Å². The Kier molecular flexibility index (Phi) is 10.5. The molecule has 0 fully saturated rings. The van der Waals surface area contributed by atoms with Crippen molar-refractivity contribution in [1.29, 1.82) is 0 Å². The molecular formula is C28H32N2O5. The van der Waals surface area contributed by atoms with Gasteiger partial charge in [0.1, 0.15) is 29.6 Å². The summed E-state index contributed by atoms with van der Waals surface area (Å²) in [6.07, 6.45) is 3.35. The Hall–Kier alpha value is -4.00. The molecule has 0 bridgehead atoms. The Morgan fingerprint density at radius 1 is 0.800 bits per heavy atom. The van der Waals surface area contributed by atoms with Gasteiger partial charge in [0, 0.05) is 11.6 Å². The van der Waals surface area contributed by atoms with Gasteiger partial charge in [0.2, 0.25) is 0 Å². The first-order chi connectivity index (χ1) is 17.2. The molecule has 3 aromatic carbocycles. The van der Waals surface area contributed by atoms with Crippen LogP contribution in [0, 0.1) is 0 Å². The van der Waals surface area contributed by atoms with Crippen LogP contribution >= 0.6 is 0 Å². The fraction of sp³-hybridized carbons (Fsp3) is 0.286. The molecule has 7 heteroatoms. The zero-order valence-electron chi connectivity index (χ0n) is 20.2. The van der Waals surface area contributed by atoms with E-state index < -0.39 is 0 Å². The number of benzene rings is 3. The lowest BCUT2D eigenvalue weighted by Gasteiger charge is -2.11. The number of carbonyl (C=O) groups is 1. The van der Waals surface area contributed by atoms with E-state index in [4.69, 9.17) is 18.9 Å². The summed E-state index contributed by atoms with van der Waals surface area (Å²) in [5, 5.41) is 4.04. The molecule has 1 amide bonds. The minimum Gasteiger partial charge on any atom is -0.493 e. The van der Waals surface area contributed by atoms with Crippen LogP contribution in [0.15, 0.2) is 77.9 Å². The summed E-state index contributed by atoms with van der Waals surface area (Å²) in [6.45, 7) is 5.63. The number of ether oxygens (including phenoxy) is 4. The second-order valence-electron chi connectivity index (χ2n) is 7.72. The van der Waals surface area contributed by atoms with Gasteiger partial charge >= 0.3 is 0 Å². The monoisotopic (exact) mass is 476 g/mol. The highest BCUT2D eigenvalue weighted by molar-refractivity contribution is 5.85. The molecular weight excluding hydrogens is 444 g/mol. The van der Waals surface area contributed by atoms with E-state index in [0.29, 0.717) is 31.3 Å². The summed E-state index contributed by atoms with van der Waals surface area (Å²) in [5.41, 5.74) is 4.31. The van der Waals surface area contributed by atoms with Gasteiger partial charge in [0.25, 0.3) is 5.91 Å². The van der Waals surface area contributed by atoms with Crippen LogP contribution < -0.4 is 24.4 Å². The number of nitrogens with one attached hydrogen (secondary N) is 1. The molecule has 0 aliphatic carbocycles. The Morgan fingerprint density at radius 3 is 2.17 bits per heavy atom. The average Bonchev–Trinajstić information content (AvgIpc) is 2.90. The lowest BCUT2D eigenvalue weighted by Crippen LogP contribution is -2.24. The molecule has 0 radical (unpaired) electrons. The molecule has 0 saturated carbocycles. The Bertz CT molecular complexity index is 1070. The molecule has 1 N–H and O–H groups in total. The molecule has 0 aromatic heterocycles. The number of hydrazone groups is 1.